The van der Waals surface area contributed by atoms with Crippen molar-refractivity contribution in [2.45, 2.75) is 38.0 Å². The van der Waals surface area contributed by atoms with Crippen molar-refractivity contribution in [2.75, 3.05) is 5.75 Å². The molecule has 0 heterocycles. The Kier molecular flexibility index (Phi) is 5.85. The molecule has 1 atom stereocenters. The van der Waals surface area contributed by atoms with Gasteiger partial charge in [-0.1, -0.05) is 41.9 Å². The van der Waals surface area contributed by atoms with Gasteiger partial charge in [-0.2, -0.15) is 0 Å². The van der Waals surface area contributed by atoms with Gasteiger partial charge in [0.05, 0.1) is 11.8 Å². The number of thioether (sulfide) groups is 1. The fraction of sp³-hybridized carbons (Fsp3) is 0.350. The molecular formula is C20H22ClNOS. The zero-order chi connectivity index (χ0) is 16.9. The fourth-order valence-corrected chi connectivity index (χ4v) is 3.99. The maximum absolute atomic E-state index is 12.2. The molecule has 1 N–H and O–H groups in total. The smallest absolute Gasteiger partial charge is 0.230 e. The summed E-state index contributed by atoms with van der Waals surface area (Å²) < 4.78 is 0. The molecule has 24 heavy (non-hydrogen) atoms. The summed E-state index contributed by atoms with van der Waals surface area (Å²) >= 11 is 7.50. The van der Waals surface area contributed by atoms with Crippen molar-refractivity contribution in [3.05, 3.63) is 69.7 Å². The predicted molar refractivity (Wildman–Crippen MR) is 103 cm³/mol. The van der Waals surface area contributed by atoms with Crippen LogP contribution in [0.4, 0.5) is 0 Å². The molecule has 126 valence electrons. The molecule has 0 fully saturated rings. The Morgan fingerprint density at radius 3 is 2.71 bits per heavy atom. The van der Waals surface area contributed by atoms with Crippen LogP contribution in [-0.2, 0) is 23.4 Å². The van der Waals surface area contributed by atoms with Gasteiger partial charge in [-0.3, -0.25) is 4.79 Å². The molecule has 0 saturated heterocycles. The molecule has 0 saturated carbocycles. The number of amides is 1. The maximum Gasteiger partial charge on any atom is 0.230 e. The van der Waals surface area contributed by atoms with Crippen molar-refractivity contribution in [2.24, 2.45) is 0 Å². The number of halogens is 1. The van der Waals surface area contributed by atoms with E-state index in [2.05, 4.69) is 30.4 Å². The zero-order valence-corrected chi connectivity index (χ0v) is 15.4. The highest BCUT2D eigenvalue weighted by Crippen LogP contribution is 2.25. The number of rotatable bonds is 6. The van der Waals surface area contributed by atoms with E-state index < -0.39 is 0 Å². The minimum Gasteiger partial charge on any atom is -0.349 e. The average Bonchev–Trinajstić information content (AvgIpc) is 3.04. The third kappa shape index (κ3) is 4.55. The number of hydrogen-bond donors (Lipinski definition) is 1. The van der Waals surface area contributed by atoms with Crippen LogP contribution < -0.4 is 5.32 Å². The Balaban J connectivity index is 1.46. The number of nitrogens with one attached hydrogen (secondary N) is 1. The molecule has 0 aliphatic heterocycles. The summed E-state index contributed by atoms with van der Waals surface area (Å²) in [5, 5.41) is 3.84. The zero-order valence-electron chi connectivity index (χ0n) is 13.8. The molecule has 0 aromatic heterocycles. The number of carbonyl (C=O) groups is 1. The predicted octanol–water partition coefficient (Wildman–Crippen LogP) is 4.94. The van der Waals surface area contributed by atoms with Crippen LogP contribution in [0.25, 0.3) is 0 Å². The van der Waals surface area contributed by atoms with Gasteiger partial charge < -0.3 is 5.32 Å². The SMILES string of the molecule is CC(NC(=O)CSCc1ccc(Cl)cc1)c1ccc2c(c1)CCC2. The van der Waals surface area contributed by atoms with Gasteiger partial charge in [0.1, 0.15) is 0 Å². The summed E-state index contributed by atoms with van der Waals surface area (Å²) in [5.74, 6) is 1.37. The largest absolute Gasteiger partial charge is 0.349 e. The highest BCUT2D eigenvalue weighted by atomic mass is 35.5. The second kappa shape index (κ2) is 8.09. The van der Waals surface area contributed by atoms with Crippen LogP contribution in [0.5, 0.6) is 0 Å². The molecule has 0 spiro atoms. The number of aryl methyl sites for hydroxylation is 2. The summed E-state index contributed by atoms with van der Waals surface area (Å²) in [7, 11) is 0. The van der Waals surface area contributed by atoms with Crippen LogP contribution in [0.1, 0.15) is 41.6 Å². The molecule has 1 aliphatic rings. The molecular weight excluding hydrogens is 338 g/mol. The average molecular weight is 360 g/mol. The molecule has 2 aromatic carbocycles. The lowest BCUT2D eigenvalue weighted by Crippen LogP contribution is -2.28. The van der Waals surface area contributed by atoms with Gasteiger partial charge in [0.2, 0.25) is 5.91 Å². The van der Waals surface area contributed by atoms with E-state index in [-0.39, 0.29) is 11.9 Å². The lowest BCUT2D eigenvalue weighted by molar-refractivity contribution is -0.119. The summed E-state index contributed by atoms with van der Waals surface area (Å²) in [6.07, 6.45) is 3.61. The molecule has 2 aromatic rings. The van der Waals surface area contributed by atoms with E-state index in [4.69, 9.17) is 11.6 Å². The molecule has 2 nitrogen and oxygen atoms in total. The van der Waals surface area contributed by atoms with Crippen molar-refractivity contribution in [1.82, 2.24) is 5.32 Å². The number of fused-ring (bicyclic) bond motifs is 1. The molecule has 1 amide bonds. The number of carbonyl (C=O) groups excluding carboxylic acids is 1. The van der Waals surface area contributed by atoms with Crippen LogP contribution in [0.3, 0.4) is 0 Å². The topological polar surface area (TPSA) is 29.1 Å². The normalized spacial score (nSPS) is 14.2. The van der Waals surface area contributed by atoms with Gasteiger partial charge in [0, 0.05) is 10.8 Å². The lowest BCUT2D eigenvalue weighted by Gasteiger charge is -2.15. The second-order valence-electron chi connectivity index (χ2n) is 6.29. The van der Waals surface area contributed by atoms with E-state index in [1.54, 1.807) is 11.8 Å². The van der Waals surface area contributed by atoms with E-state index in [1.807, 2.05) is 24.3 Å². The fourth-order valence-electron chi connectivity index (χ4n) is 3.07. The van der Waals surface area contributed by atoms with Gasteiger partial charge in [-0.25, -0.2) is 0 Å². The van der Waals surface area contributed by atoms with Gasteiger partial charge >= 0.3 is 0 Å². The van der Waals surface area contributed by atoms with Gasteiger partial charge in [0.25, 0.3) is 0 Å². The first-order chi connectivity index (χ1) is 11.6. The van der Waals surface area contributed by atoms with Crippen LogP contribution in [0.2, 0.25) is 5.02 Å². The minimum absolute atomic E-state index is 0.0551. The summed E-state index contributed by atoms with van der Waals surface area (Å²) in [6, 6.07) is 14.4. The summed E-state index contributed by atoms with van der Waals surface area (Å²) in [5.41, 5.74) is 5.30. The Morgan fingerprint density at radius 1 is 1.17 bits per heavy atom. The highest BCUT2D eigenvalue weighted by molar-refractivity contribution is 7.99. The van der Waals surface area contributed by atoms with Crippen molar-refractivity contribution in [3.63, 3.8) is 0 Å². The molecule has 0 bridgehead atoms. The first-order valence-electron chi connectivity index (χ1n) is 8.35. The third-order valence-electron chi connectivity index (χ3n) is 4.42. The Labute approximate surface area is 153 Å². The molecule has 4 heteroatoms. The van der Waals surface area contributed by atoms with Gasteiger partial charge in [-0.05, 0) is 60.6 Å². The van der Waals surface area contributed by atoms with Gasteiger partial charge in [0.15, 0.2) is 0 Å². The minimum atomic E-state index is 0.0551. The summed E-state index contributed by atoms with van der Waals surface area (Å²) in [6.45, 7) is 2.05. The van der Waals surface area contributed by atoms with Crippen molar-refractivity contribution in [1.29, 1.82) is 0 Å². The van der Waals surface area contributed by atoms with E-state index >= 15 is 0 Å². The number of hydrogen-bond acceptors (Lipinski definition) is 2. The second-order valence-corrected chi connectivity index (χ2v) is 7.71. The van der Waals surface area contributed by atoms with E-state index in [1.165, 1.54) is 41.5 Å². The van der Waals surface area contributed by atoms with Crippen LogP contribution >= 0.6 is 23.4 Å². The van der Waals surface area contributed by atoms with Crippen LogP contribution in [0, 0.1) is 0 Å². The van der Waals surface area contributed by atoms with Crippen molar-refractivity contribution in [3.8, 4) is 0 Å². The summed E-state index contributed by atoms with van der Waals surface area (Å²) in [4.78, 5) is 12.2. The molecule has 0 radical (unpaired) electrons. The van der Waals surface area contributed by atoms with E-state index in [9.17, 15) is 4.79 Å². The first-order valence-corrected chi connectivity index (χ1v) is 9.88. The van der Waals surface area contributed by atoms with E-state index in [0.29, 0.717) is 5.75 Å². The standard InChI is InChI=1S/C20H22ClNOS/c1-14(17-8-7-16-3-2-4-18(16)11-17)22-20(23)13-24-12-15-5-9-19(21)10-6-15/h5-11,14H,2-4,12-13H2,1H3,(H,22,23). The molecule has 3 rings (SSSR count). The third-order valence-corrected chi connectivity index (χ3v) is 5.67. The number of benzene rings is 2. The van der Waals surface area contributed by atoms with Crippen molar-refractivity contribution >= 4 is 29.3 Å². The van der Waals surface area contributed by atoms with Gasteiger partial charge in [-0.15, -0.1) is 11.8 Å². The lowest BCUT2D eigenvalue weighted by atomic mass is 10.0. The molecule has 1 aliphatic carbocycles. The first kappa shape index (κ1) is 17.4. The Hall–Kier alpha value is -1.45. The maximum atomic E-state index is 12.2. The Bertz CT molecular complexity index is 714. The molecule has 1 unspecified atom stereocenters. The van der Waals surface area contributed by atoms with Crippen molar-refractivity contribution < 1.29 is 4.79 Å². The van der Waals surface area contributed by atoms with E-state index in [0.717, 1.165) is 10.8 Å². The monoisotopic (exact) mass is 359 g/mol. The van der Waals surface area contributed by atoms with Crippen LogP contribution in [0.15, 0.2) is 42.5 Å². The highest BCUT2D eigenvalue weighted by Gasteiger charge is 2.14. The Morgan fingerprint density at radius 2 is 1.92 bits per heavy atom. The van der Waals surface area contributed by atoms with Crippen LogP contribution in [-0.4, -0.2) is 11.7 Å². The quantitative estimate of drug-likeness (QED) is 0.791.